The normalized spacial score (nSPS) is 14.6. The summed E-state index contributed by atoms with van der Waals surface area (Å²) in [5, 5.41) is 10.6. The van der Waals surface area contributed by atoms with Crippen molar-refractivity contribution in [2.24, 2.45) is 23.7 Å². The van der Waals surface area contributed by atoms with Crippen LogP contribution in [0.2, 0.25) is 0 Å². The lowest BCUT2D eigenvalue weighted by Gasteiger charge is -2.21. The lowest BCUT2D eigenvalue weighted by atomic mass is 10.00. The largest absolute Gasteiger partial charge is 0.472 e. The summed E-state index contributed by atoms with van der Waals surface area (Å²) in [7, 11) is -9.90. The van der Waals surface area contributed by atoms with E-state index in [0.717, 1.165) is 120 Å². The Balaban J connectivity index is 5.23. The first-order chi connectivity index (χ1) is 42.6. The van der Waals surface area contributed by atoms with Gasteiger partial charge >= 0.3 is 39.5 Å². The van der Waals surface area contributed by atoms with Gasteiger partial charge in [0.25, 0.3) is 0 Å². The molecule has 0 aromatic rings. The third kappa shape index (κ3) is 63.2. The number of phosphoric acid groups is 2. The van der Waals surface area contributed by atoms with E-state index in [-0.39, 0.29) is 25.7 Å². The molecule has 0 rings (SSSR count). The van der Waals surface area contributed by atoms with Gasteiger partial charge in [-0.2, -0.15) is 0 Å². The van der Waals surface area contributed by atoms with E-state index in [0.29, 0.717) is 31.6 Å². The molecule has 6 atom stereocenters. The van der Waals surface area contributed by atoms with Crippen molar-refractivity contribution in [3.63, 3.8) is 0 Å². The van der Waals surface area contributed by atoms with Crippen molar-refractivity contribution in [1.29, 1.82) is 0 Å². The quantitative estimate of drug-likeness (QED) is 0.0222. The van der Waals surface area contributed by atoms with E-state index in [1.807, 2.05) is 0 Å². The lowest BCUT2D eigenvalue weighted by molar-refractivity contribution is -0.161. The molecule has 3 N–H and O–H groups in total. The molecule has 89 heavy (non-hydrogen) atoms. The molecule has 0 saturated heterocycles. The standard InChI is InChI=1S/C70H136O17P2/c1-9-63(8)49-41-33-28-29-35-43-51-68(73)81-57-66(87-69(74)52-44-36-25-19-15-13-11-10-12-14-17-22-30-38-46-60(2)3)59-85-89(78,79)83-55-64(71)54-82-88(76,77)84-58-65(56-80-67(72)50-42-34-27-21-24-32-40-48-62(6)7)86-70(75)53-45-37-26-20-16-18-23-31-39-47-61(4)5/h60-66,71H,9-59H2,1-8H3,(H,76,77)(H,78,79)/t63?,64-,65-,66-/m1/s1. The van der Waals surface area contributed by atoms with Gasteiger partial charge in [-0.1, -0.05) is 293 Å². The van der Waals surface area contributed by atoms with Crippen molar-refractivity contribution in [3.05, 3.63) is 0 Å². The van der Waals surface area contributed by atoms with Crippen LogP contribution in [0.4, 0.5) is 0 Å². The van der Waals surface area contributed by atoms with E-state index in [4.69, 9.17) is 37.0 Å². The van der Waals surface area contributed by atoms with Gasteiger partial charge in [-0.25, -0.2) is 9.13 Å². The van der Waals surface area contributed by atoms with Crippen LogP contribution in [-0.4, -0.2) is 96.7 Å². The highest BCUT2D eigenvalue weighted by molar-refractivity contribution is 7.47. The van der Waals surface area contributed by atoms with Crippen LogP contribution >= 0.6 is 15.6 Å². The van der Waals surface area contributed by atoms with Gasteiger partial charge in [-0.05, 0) is 49.4 Å². The van der Waals surface area contributed by atoms with Crippen LogP contribution in [0, 0.1) is 23.7 Å². The van der Waals surface area contributed by atoms with Crippen molar-refractivity contribution < 1.29 is 80.2 Å². The molecule has 0 aromatic heterocycles. The van der Waals surface area contributed by atoms with Gasteiger partial charge in [-0.3, -0.25) is 37.3 Å². The zero-order valence-corrected chi connectivity index (χ0v) is 59.8. The fourth-order valence-electron chi connectivity index (χ4n) is 10.5. The lowest BCUT2D eigenvalue weighted by Crippen LogP contribution is -2.30. The maximum absolute atomic E-state index is 13.0. The first-order valence-corrected chi connectivity index (χ1v) is 39.2. The van der Waals surface area contributed by atoms with Gasteiger partial charge in [0.05, 0.1) is 26.4 Å². The molecule has 0 amide bonds. The van der Waals surface area contributed by atoms with Crippen LogP contribution in [0.5, 0.6) is 0 Å². The van der Waals surface area contributed by atoms with Crippen molar-refractivity contribution >= 4 is 39.5 Å². The number of rotatable bonds is 67. The fraction of sp³-hybridized carbons (Fsp3) is 0.943. The second-order valence-electron chi connectivity index (χ2n) is 26.9. The third-order valence-corrected chi connectivity index (χ3v) is 18.3. The Hall–Kier alpha value is -1.94. The molecule has 19 heteroatoms. The maximum Gasteiger partial charge on any atom is 0.472 e. The Morgan fingerprint density at radius 1 is 0.315 bits per heavy atom. The summed E-state index contributed by atoms with van der Waals surface area (Å²) < 4.78 is 68.2. The summed E-state index contributed by atoms with van der Waals surface area (Å²) in [4.78, 5) is 72.5. The first-order valence-electron chi connectivity index (χ1n) is 36.2. The summed E-state index contributed by atoms with van der Waals surface area (Å²) >= 11 is 0. The number of phosphoric ester groups is 2. The monoisotopic (exact) mass is 1310 g/mol. The molecule has 0 saturated carbocycles. The summed E-state index contributed by atoms with van der Waals surface area (Å²) in [6, 6.07) is 0. The van der Waals surface area contributed by atoms with Crippen LogP contribution < -0.4 is 0 Å². The van der Waals surface area contributed by atoms with Gasteiger partial charge in [0.15, 0.2) is 12.2 Å². The fourth-order valence-corrected chi connectivity index (χ4v) is 12.0. The van der Waals surface area contributed by atoms with E-state index in [2.05, 4.69) is 55.4 Å². The number of esters is 4. The van der Waals surface area contributed by atoms with Crippen LogP contribution in [0.15, 0.2) is 0 Å². The molecule has 0 aliphatic heterocycles. The Kier molecular flexibility index (Phi) is 58.5. The smallest absolute Gasteiger partial charge is 0.462 e. The number of unbranched alkanes of at least 4 members (excludes halogenated alkanes) is 32. The summed E-state index contributed by atoms with van der Waals surface area (Å²) in [6.07, 6.45) is 41.8. The number of aliphatic hydroxyl groups excluding tert-OH is 1. The molecular formula is C70H136O17P2. The Morgan fingerprint density at radius 3 is 0.798 bits per heavy atom. The van der Waals surface area contributed by atoms with Gasteiger partial charge in [0.2, 0.25) is 0 Å². The van der Waals surface area contributed by atoms with Gasteiger partial charge in [-0.15, -0.1) is 0 Å². The van der Waals surface area contributed by atoms with Crippen LogP contribution in [0.25, 0.3) is 0 Å². The van der Waals surface area contributed by atoms with Crippen molar-refractivity contribution in [1.82, 2.24) is 0 Å². The molecule has 0 aliphatic carbocycles. The zero-order valence-electron chi connectivity index (χ0n) is 58.1. The highest BCUT2D eigenvalue weighted by Crippen LogP contribution is 2.45. The topological polar surface area (TPSA) is 237 Å². The number of carbonyl (C=O) groups excluding carboxylic acids is 4. The highest BCUT2D eigenvalue weighted by atomic mass is 31.2. The minimum Gasteiger partial charge on any atom is -0.462 e. The molecule has 0 heterocycles. The zero-order chi connectivity index (χ0) is 66.1. The Labute approximate surface area is 543 Å². The number of carbonyl (C=O) groups is 4. The highest BCUT2D eigenvalue weighted by Gasteiger charge is 2.30. The minimum absolute atomic E-state index is 0.104. The van der Waals surface area contributed by atoms with E-state index < -0.39 is 97.5 Å². The van der Waals surface area contributed by atoms with Crippen molar-refractivity contribution in [2.75, 3.05) is 39.6 Å². The van der Waals surface area contributed by atoms with Crippen LogP contribution in [0.3, 0.4) is 0 Å². The molecule has 0 aromatic carbocycles. The number of hydrogen-bond acceptors (Lipinski definition) is 15. The SMILES string of the molecule is CCC(C)CCCCCCCCC(=O)OC[C@H](COP(=O)(O)OC[C@H](O)COP(=O)(O)OC[C@@H](COC(=O)CCCCCCCCCC(C)C)OC(=O)CCCCCCCCCCCC(C)C)OC(=O)CCCCCCCCCCCCCCCCC(C)C. The third-order valence-electron chi connectivity index (χ3n) is 16.4. The van der Waals surface area contributed by atoms with Crippen LogP contribution in [-0.2, 0) is 65.4 Å². The van der Waals surface area contributed by atoms with Crippen molar-refractivity contribution in [2.45, 2.75) is 363 Å². The molecule has 0 radical (unpaired) electrons. The molecule has 0 spiro atoms. The van der Waals surface area contributed by atoms with Crippen molar-refractivity contribution in [3.8, 4) is 0 Å². The summed E-state index contributed by atoms with van der Waals surface area (Å²) in [5.41, 5.74) is 0. The van der Waals surface area contributed by atoms with E-state index in [1.54, 1.807) is 0 Å². The summed E-state index contributed by atoms with van der Waals surface area (Å²) in [6.45, 7) is 14.1. The molecule has 0 fully saturated rings. The maximum atomic E-state index is 13.0. The van der Waals surface area contributed by atoms with E-state index in [9.17, 15) is 43.2 Å². The first kappa shape index (κ1) is 87.1. The average molecular weight is 1310 g/mol. The second-order valence-corrected chi connectivity index (χ2v) is 29.8. The minimum atomic E-state index is -4.95. The van der Waals surface area contributed by atoms with Gasteiger partial charge < -0.3 is 33.8 Å². The molecule has 0 aliphatic rings. The molecule has 3 unspecified atom stereocenters. The van der Waals surface area contributed by atoms with Gasteiger partial charge in [0.1, 0.15) is 19.3 Å². The second kappa shape index (κ2) is 59.8. The number of aliphatic hydroxyl groups is 1. The van der Waals surface area contributed by atoms with E-state index >= 15 is 0 Å². The summed E-state index contributed by atoms with van der Waals surface area (Å²) in [5.74, 6) is 0.836. The predicted molar refractivity (Wildman–Crippen MR) is 358 cm³/mol. The average Bonchev–Trinajstić information content (AvgIpc) is 3.70. The Bertz CT molecular complexity index is 1770. The van der Waals surface area contributed by atoms with Gasteiger partial charge in [0, 0.05) is 25.7 Å². The predicted octanol–water partition coefficient (Wildman–Crippen LogP) is 19.7. The van der Waals surface area contributed by atoms with E-state index in [1.165, 1.54) is 135 Å². The number of ether oxygens (including phenoxy) is 4. The molecular weight excluding hydrogens is 1170 g/mol. The van der Waals surface area contributed by atoms with Crippen LogP contribution in [0.1, 0.15) is 344 Å². The molecule has 17 nitrogen and oxygen atoms in total. The molecule has 528 valence electrons. The Morgan fingerprint density at radius 2 is 0.539 bits per heavy atom. The number of hydrogen-bond donors (Lipinski definition) is 3. The molecule has 0 bridgehead atoms.